The van der Waals surface area contributed by atoms with Gasteiger partial charge in [-0.3, -0.25) is 4.79 Å². The van der Waals surface area contributed by atoms with Crippen LogP contribution in [0, 0.1) is 3.57 Å². The number of methoxy groups -OCH3 is 1. The zero-order valence-electron chi connectivity index (χ0n) is 13.0. The van der Waals surface area contributed by atoms with E-state index in [9.17, 15) is 9.90 Å². The summed E-state index contributed by atoms with van der Waals surface area (Å²) in [5.74, 6) is 0.893. The van der Waals surface area contributed by atoms with Crippen molar-refractivity contribution < 1.29 is 23.7 Å². The molecule has 0 bridgehead atoms. The molecule has 2 heterocycles. The van der Waals surface area contributed by atoms with E-state index in [1.54, 1.807) is 19.9 Å². The molecule has 1 N–H and O–H groups in total. The van der Waals surface area contributed by atoms with Crippen molar-refractivity contribution in [1.82, 2.24) is 0 Å². The Morgan fingerprint density at radius 2 is 2.22 bits per heavy atom. The summed E-state index contributed by atoms with van der Waals surface area (Å²) < 4.78 is 22.5. The summed E-state index contributed by atoms with van der Waals surface area (Å²) in [5, 5.41) is 10.7. The van der Waals surface area contributed by atoms with E-state index < -0.39 is 11.7 Å². The summed E-state index contributed by atoms with van der Waals surface area (Å²) in [7, 11) is 1.52. The standard InChI is InChI=1S/C16H17IO6/c1-16(2)12(18)4-8-10(22-7-20-3)5-11-13(15(8)23-16)14(19)9(17)6-21-11/h5-6,12,18H,4,7H2,1-3H3. The Bertz CT molecular complexity index is 810. The molecule has 0 amide bonds. The summed E-state index contributed by atoms with van der Waals surface area (Å²) in [6, 6.07) is 1.64. The van der Waals surface area contributed by atoms with Crippen LogP contribution in [-0.4, -0.2) is 30.7 Å². The molecule has 124 valence electrons. The van der Waals surface area contributed by atoms with Crippen LogP contribution in [0.3, 0.4) is 0 Å². The van der Waals surface area contributed by atoms with Crippen LogP contribution >= 0.6 is 22.6 Å². The zero-order valence-corrected chi connectivity index (χ0v) is 15.2. The van der Waals surface area contributed by atoms with Gasteiger partial charge in [0.1, 0.15) is 34.3 Å². The van der Waals surface area contributed by atoms with Crippen molar-refractivity contribution in [2.24, 2.45) is 0 Å². The first-order valence-electron chi connectivity index (χ1n) is 7.11. The number of halogens is 1. The first kappa shape index (κ1) is 16.5. The molecule has 2 aromatic rings. The molecule has 1 aromatic heterocycles. The van der Waals surface area contributed by atoms with Crippen molar-refractivity contribution in [1.29, 1.82) is 0 Å². The smallest absolute Gasteiger partial charge is 0.209 e. The second-order valence-electron chi connectivity index (χ2n) is 5.94. The largest absolute Gasteiger partial charge is 0.484 e. The third-order valence-electron chi connectivity index (χ3n) is 3.94. The monoisotopic (exact) mass is 432 g/mol. The molecule has 0 aliphatic carbocycles. The van der Waals surface area contributed by atoms with Gasteiger partial charge in [0.15, 0.2) is 6.79 Å². The highest BCUT2D eigenvalue weighted by atomic mass is 127. The number of fused-ring (bicyclic) bond motifs is 3. The maximum absolute atomic E-state index is 12.5. The minimum Gasteiger partial charge on any atom is -0.484 e. The molecule has 0 saturated heterocycles. The minimum absolute atomic E-state index is 0.0477. The van der Waals surface area contributed by atoms with E-state index in [0.717, 1.165) is 0 Å². The SMILES string of the molecule is COCOc1cc2occ(I)c(=O)c2c2c1CC(O)C(C)(C)O2. The van der Waals surface area contributed by atoms with Gasteiger partial charge in [0, 0.05) is 25.2 Å². The lowest BCUT2D eigenvalue weighted by Gasteiger charge is -2.37. The number of aliphatic hydroxyl groups excluding tert-OH is 1. The van der Waals surface area contributed by atoms with Gasteiger partial charge >= 0.3 is 0 Å². The van der Waals surface area contributed by atoms with Crippen LogP contribution < -0.4 is 14.9 Å². The fourth-order valence-electron chi connectivity index (χ4n) is 2.58. The Labute approximate surface area is 146 Å². The summed E-state index contributed by atoms with van der Waals surface area (Å²) in [4.78, 5) is 12.5. The lowest BCUT2D eigenvalue weighted by molar-refractivity contribution is -0.0416. The topological polar surface area (TPSA) is 78.1 Å². The minimum atomic E-state index is -0.812. The number of hydrogen-bond acceptors (Lipinski definition) is 6. The number of aliphatic hydroxyl groups is 1. The summed E-state index contributed by atoms with van der Waals surface area (Å²) >= 11 is 1.93. The molecule has 0 radical (unpaired) electrons. The van der Waals surface area contributed by atoms with Gasteiger partial charge < -0.3 is 23.7 Å². The van der Waals surface area contributed by atoms with Gasteiger partial charge in [0.2, 0.25) is 5.43 Å². The Kier molecular flexibility index (Phi) is 4.28. The van der Waals surface area contributed by atoms with E-state index in [1.807, 2.05) is 22.6 Å². The molecule has 1 aliphatic rings. The first-order valence-corrected chi connectivity index (χ1v) is 8.18. The third-order valence-corrected chi connectivity index (χ3v) is 4.68. The van der Waals surface area contributed by atoms with Gasteiger partial charge in [-0.2, -0.15) is 0 Å². The van der Waals surface area contributed by atoms with E-state index in [0.29, 0.717) is 38.0 Å². The molecular weight excluding hydrogens is 415 g/mol. The van der Waals surface area contributed by atoms with Crippen LogP contribution in [0.25, 0.3) is 11.0 Å². The molecule has 1 unspecified atom stereocenters. The predicted octanol–water partition coefficient (Wildman–Crippen LogP) is 2.45. The molecule has 1 aliphatic heterocycles. The molecule has 0 saturated carbocycles. The van der Waals surface area contributed by atoms with E-state index in [1.165, 1.54) is 13.4 Å². The van der Waals surface area contributed by atoms with E-state index in [4.69, 9.17) is 18.6 Å². The van der Waals surface area contributed by atoms with Crippen molar-refractivity contribution in [2.75, 3.05) is 13.9 Å². The number of ether oxygens (including phenoxy) is 3. The highest BCUT2D eigenvalue weighted by Crippen LogP contribution is 2.43. The van der Waals surface area contributed by atoms with E-state index >= 15 is 0 Å². The van der Waals surface area contributed by atoms with Crippen LogP contribution in [-0.2, 0) is 11.2 Å². The zero-order chi connectivity index (χ0) is 16.8. The molecule has 6 nitrogen and oxygen atoms in total. The van der Waals surface area contributed by atoms with Gasteiger partial charge in [-0.15, -0.1) is 0 Å². The number of benzene rings is 1. The average molecular weight is 432 g/mol. The fourth-order valence-corrected chi connectivity index (χ4v) is 2.97. The molecule has 7 heteroatoms. The van der Waals surface area contributed by atoms with Crippen molar-refractivity contribution in [3.8, 4) is 11.5 Å². The fraction of sp³-hybridized carbons (Fsp3) is 0.438. The number of hydrogen-bond donors (Lipinski definition) is 1. The Morgan fingerprint density at radius 3 is 2.91 bits per heavy atom. The molecule has 3 rings (SSSR count). The van der Waals surface area contributed by atoms with Gasteiger partial charge in [-0.05, 0) is 36.4 Å². The van der Waals surface area contributed by atoms with Crippen LogP contribution in [0.4, 0.5) is 0 Å². The molecule has 1 atom stereocenters. The molecule has 23 heavy (non-hydrogen) atoms. The Morgan fingerprint density at radius 1 is 1.48 bits per heavy atom. The lowest BCUT2D eigenvalue weighted by atomic mass is 9.89. The van der Waals surface area contributed by atoms with Crippen molar-refractivity contribution in [2.45, 2.75) is 32.0 Å². The third kappa shape index (κ3) is 2.81. The van der Waals surface area contributed by atoms with Crippen molar-refractivity contribution in [3.63, 3.8) is 0 Å². The average Bonchev–Trinajstić information content (AvgIpc) is 2.49. The molecule has 1 aromatic carbocycles. The Balaban J connectivity index is 2.31. The van der Waals surface area contributed by atoms with Crippen LogP contribution in [0.1, 0.15) is 19.4 Å². The van der Waals surface area contributed by atoms with Crippen molar-refractivity contribution in [3.05, 3.63) is 31.7 Å². The second kappa shape index (κ2) is 5.95. The van der Waals surface area contributed by atoms with Crippen LogP contribution in [0.5, 0.6) is 11.5 Å². The number of rotatable bonds is 3. The summed E-state index contributed by atoms with van der Waals surface area (Å²) in [6.45, 7) is 3.61. The van der Waals surface area contributed by atoms with E-state index in [-0.39, 0.29) is 12.2 Å². The molecule has 0 fully saturated rings. The normalized spacial score (nSPS) is 19.3. The predicted molar refractivity (Wildman–Crippen MR) is 92.1 cm³/mol. The maximum Gasteiger partial charge on any atom is 0.209 e. The van der Waals surface area contributed by atoms with Crippen molar-refractivity contribution >= 4 is 33.6 Å². The molecule has 0 spiro atoms. The van der Waals surface area contributed by atoms with Crippen LogP contribution in [0.15, 0.2) is 21.5 Å². The quantitative estimate of drug-likeness (QED) is 0.593. The van der Waals surface area contributed by atoms with Crippen LogP contribution in [0.2, 0.25) is 0 Å². The highest BCUT2D eigenvalue weighted by Gasteiger charge is 2.39. The second-order valence-corrected chi connectivity index (χ2v) is 7.11. The van der Waals surface area contributed by atoms with Gasteiger partial charge in [-0.25, -0.2) is 0 Å². The molecular formula is C16H17IO6. The first-order chi connectivity index (χ1) is 10.8. The highest BCUT2D eigenvalue weighted by molar-refractivity contribution is 14.1. The maximum atomic E-state index is 12.5. The lowest BCUT2D eigenvalue weighted by Crippen LogP contribution is -2.46. The Hall–Kier alpha value is -1.32. The van der Waals surface area contributed by atoms with Gasteiger partial charge in [-0.1, -0.05) is 0 Å². The summed E-state index contributed by atoms with van der Waals surface area (Å²) in [6.07, 6.45) is 1.01. The van der Waals surface area contributed by atoms with Gasteiger partial charge in [0.25, 0.3) is 0 Å². The van der Waals surface area contributed by atoms with E-state index in [2.05, 4.69) is 0 Å². The summed E-state index contributed by atoms with van der Waals surface area (Å²) in [5.41, 5.74) is 0.0600. The van der Waals surface area contributed by atoms with Gasteiger partial charge in [0.05, 0.1) is 9.67 Å².